The Morgan fingerprint density at radius 3 is 2.71 bits per heavy atom. The Morgan fingerprint density at radius 2 is 2.10 bits per heavy atom. The van der Waals surface area contributed by atoms with Crippen LogP contribution < -0.4 is 4.74 Å². The molecule has 0 radical (unpaired) electrons. The summed E-state index contributed by atoms with van der Waals surface area (Å²) in [5.74, 6) is 0.511. The summed E-state index contributed by atoms with van der Waals surface area (Å²) >= 11 is 0. The van der Waals surface area contributed by atoms with Gasteiger partial charge in [0.1, 0.15) is 11.9 Å². The lowest BCUT2D eigenvalue weighted by atomic mass is 9.94. The van der Waals surface area contributed by atoms with Gasteiger partial charge >= 0.3 is 0 Å². The summed E-state index contributed by atoms with van der Waals surface area (Å²) < 4.78 is 11.3. The van der Waals surface area contributed by atoms with Crippen LogP contribution in [0.3, 0.4) is 0 Å². The number of nitro groups is 1. The van der Waals surface area contributed by atoms with Gasteiger partial charge in [-0.1, -0.05) is 0 Å². The monoisotopic (exact) mass is 295 g/mol. The number of aliphatic hydroxyl groups excluding tert-OH is 1. The van der Waals surface area contributed by atoms with Gasteiger partial charge in [0.2, 0.25) is 0 Å². The Hall–Kier alpha value is -1.66. The van der Waals surface area contributed by atoms with Crippen molar-refractivity contribution in [1.82, 2.24) is 0 Å². The van der Waals surface area contributed by atoms with Crippen LogP contribution in [-0.4, -0.2) is 29.3 Å². The van der Waals surface area contributed by atoms with Gasteiger partial charge in [-0.25, -0.2) is 0 Å². The molecule has 0 amide bonds. The van der Waals surface area contributed by atoms with E-state index >= 15 is 0 Å². The lowest BCUT2D eigenvalue weighted by Crippen LogP contribution is -2.29. The van der Waals surface area contributed by atoms with Gasteiger partial charge in [-0.15, -0.1) is 0 Å². The van der Waals surface area contributed by atoms with Crippen molar-refractivity contribution in [3.05, 3.63) is 33.9 Å². The molecule has 0 heterocycles. The molecule has 6 nitrogen and oxygen atoms in total. The fourth-order valence-electron chi connectivity index (χ4n) is 2.69. The maximum atomic E-state index is 10.8. The number of aliphatic hydroxyl groups is 1. The molecule has 2 unspecified atom stereocenters. The van der Waals surface area contributed by atoms with Crippen molar-refractivity contribution in [2.45, 2.75) is 50.9 Å². The molecule has 0 aromatic heterocycles. The largest absolute Gasteiger partial charge is 0.490 e. The van der Waals surface area contributed by atoms with E-state index < -0.39 is 11.0 Å². The minimum absolute atomic E-state index is 0.0163. The fraction of sp³-hybridized carbons (Fsp3) is 0.600. The van der Waals surface area contributed by atoms with E-state index in [4.69, 9.17) is 9.47 Å². The highest BCUT2D eigenvalue weighted by Crippen LogP contribution is 2.32. The summed E-state index contributed by atoms with van der Waals surface area (Å²) in [5, 5.41) is 20.6. The summed E-state index contributed by atoms with van der Waals surface area (Å²) in [6.07, 6.45) is 3.17. The van der Waals surface area contributed by atoms with Crippen LogP contribution in [0.25, 0.3) is 0 Å². The molecule has 1 N–H and O–H groups in total. The smallest absolute Gasteiger partial charge is 0.270 e. The highest BCUT2D eigenvalue weighted by molar-refractivity contribution is 5.45. The summed E-state index contributed by atoms with van der Waals surface area (Å²) in [4.78, 5) is 10.4. The lowest BCUT2D eigenvalue weighted by molar-refractivity contribution is -0.385. The first-order valence-electron chi connectivity index (χ1n) is 7.17. The van der Waals surface area contributed by atoms with E-state index in [2.05, 4.69) is 0 Å². The van der Waals surface area contributed by atoms with Crippen molar-refractivity contribution < 1.29 is 19.5 Å². The molecule has 0 bridgehead atoms. The van der Waals surface area contributed by atoms with Gasteiger partial charge in [-0.3, -0.25) is 10.1 Å². The summed E-state index contributed by atoms with van der Waals surface area (Å²) in [6.45, 7) is 1.57. The Balaban J connectivity index is 2.17. The van der Waals surface area contributed by atoms with E-state index in [1.54, 1.807) is 20.1 Å². The normalized spacial score (nSPS) is 23.6. The van der Waals surface area contributed by atoms with Crippen LogP contribution in [0, 0.1) is 10.1 Å². The number of methoxy groups -OCH3 is 1. The quantitative estimate of drug-likeness (QED) is 0.667. The molecule has 1 aromatic carbocycles. The minimum Gasteiger partial charge on any atom is -0.490 e. The zero-order chi connectivity index (χ0) is 15.4. The topological polar surface area (TPSA) is 81.8 Å². The first kappa shape index (κ1) is 15.7. The number of ether oxygens (including phenoxy) is 2. The molecular formula is C15H21NO5. The van der Waals surface area contributed by atoms with E-state index in [-0.39, 0.29) is 17.9 Å². The van der Waals surface area contributed by atoms with Crippen molar-refractivity contribution in [1.29, 1.82) is 0 Å². The van der Waals surface area contributed by atoms with Gasteiger partial charge in [0, 0.05) is 31.2 Å². The number of rotatable bonds is 5. The van der Waals surface area contributed by atoms with Crippen molar-refractivity contribution in [3.8, 4) is 5.75 Å². The second-order valence-electron chi connectivity index (χ2n) is 5.42. The molecule has 1 aliphatic rings. The predicted octanol–water partition coefficient (Wildman–Crippen LogP) is 2.98. The van der Waals surface area contributed by atoms with Gasteiger partial charge in [0.15, 0.2) is 0 Å². The molecular weight excluding hydrogens is 274 g/mol. The molecule has 3 atom stereocenters. The van der Waals surface area contributed by atoms with Crippen molar-refractivity contribution in [3.63, 3.8) is 0 Å². The van der Waals surface area contributed by atoms with Gasteiger partial charge < -0.3 is 14.6 Å². The maximum Gasteiger partial charge on any atom is 0.270 e. The van der Waals surface area contributed by atoms with Crippen molar-refractivity contribution in [2.24, 2.45) is 0 Å². The highest BCUT2D eigenvalue weighted by atomic mass is 16.6. The van der Waals surface area contributed by atoms with Crippen molar-refractivity contribution in [2.75, 3.05) is 7.11 Å². The lowest BCUT2D eigenvalue weighted by Gasteiger charge is -2.29. The predicted molar refractivity (Wildman–Crippen MR) is 77.4 cm³/mol. The zero-order valence-corrected chi connectivity index (χ0v) is 12.3. The third-order valence-corrected chi connectivity index (χ3v) is 3.86. The Bertz CT molecular complexity index is 503. The second kappa shape index (κ2) is 6.87. The van der Waals surface area contributed by atoms with E-state index in [0.717, 1.165) is 25.7 Å². The molecule has 0 aliphatic heterocycles. The minimum atomic E-state index is -0.818. The third-order valence-electron chi connectivity index (χ3n) is 3.86. The number of hydrogen-bond donors (Lipinski definition) is 1. The average molecular weight is 295 g/mol. The van der Waals surface area contributed by atoms with Crippen molar-refractivity contribution >= 4 is 5.69 Å². The standard InChI is InChI=1S/C15H21NO5/c1-10(17)14-8-11(16(18)19)6-7-15(14)21-13-5-3-4-12(9-13)20-2/h6-8,10,12-13,17H,3-5,9H2,1-2H3/t10-,12?,13?/m0/s1. The van der Waals surface area contributed by atoms with E-state index in [9.17, 15) is 15.2 Å². The molecule has 116 valence electrons. The van der Waals surface area contributed by atoms with Gasteiger partial charge in [-0.05, 0) is 32.3 Å². The number of non-ortho nitro benzene ring substituents is 1. The Morgan fingerprint density at radius 1 is 1.38 bits per heavy atom. The molecule has 1 saturated carbocycles. The number of nitrogens with zero attached hydrogens (tertiary/aromatic N) is 1. The van der Waals surface area contributed by atoms with Gasteiger partial charge in [0.05, 0.1) is 17.1 Å². The molecule has 21 heavy (non-hydrogen) atoms. The zero-order valence-electron chi connectivity index (χ0n) is 12.3. The fourth-order valence-corrected chi connectivity index (χ4v) is 2.69. The van der Waals surface area contributed by atoms with E-state index in [1.807, 2.05) is 0 Å². The molecule has 6 heteroatoms. The van der Waals surface area contributed by atoms with Crippen LogP contribution in [0.4, 0.5) is 5.69 Å². The van der Waals surface area contributed by atoms with Crippen LogP contribution in [-0.2, 0) is 4.74 Å². The molecule has 2 rings (SSSR count). The van der Waals surface area contributed by atoms with Crippen LogP contribution >= 0.6 is 0 Å². The third kappa shape index (κ3) is 3.92. The van der Waals surface area contributed by atoms with Gasteiger partial charge in [0.25, 0.3) is 5.69 Å². The maximum absolute atomic E-state index is 10.8. The number of hydrogen-bond acceptors (Lipinski definition) is 5. The van der Waals surface area contributed by atoms with E-state index in [0.29, 0.717) is 11.3 Å². The van der Waals surface area contributed by atoms with E-state index in [1.165, 1.54) is 12.1 Å². The average Bonchev–Trinajstić information content (AvgIpc) is 2.47. The highest BCUT2D eigenvalue weighted by Gasteiger charge is 2.25. The first-order valence-corrected chi connectivity index (χ1v) is 7.17. The summed E-state index contributed by atoms with van der Waals surface area (Å²) in [5.41, 5.74) is 0.403. The van der Waals surface area contributed by atoms with Crippen LogP contribution in [0.1, 0.15) is 44.3 Å². The van der Waals surface area contributed by atoms with Crippen LogP contribution in [0.2, 0.25) is 0 Å². The van der Waals surface area contributed by atoms with Crippen LogP contribution in [0.5, 0.6) is 5.75 Å². The Kier molecular flexibility index (Phi) is 5.14. The molecule has 1 aromatic rings. The molecule has 1 aliphatic carbocycles. The summed E-state index contributed by atoms with van der Waals surface area (Å²) in [7, 11) is 1.69. The molecule has 0 spiro atoms. The molecule has 1 fully saturated rings. The molecule has 0 saturated heterocycles. The Labute approximate surface area is 123 Å². The second-order valence-corrected chi connectivity index (χ2v) is 5.42. The van der Waals surface area contributed by atoms with Crippen LogP contribution in [0.15, 0.2) is 18.2 Å². The van der Waals surface area contributed by atoms with Gasteiger partial charge in [-0.2, -0.15) is 0 Å². The summed E-state index contributed by atoms with van der Waals surface area (Å²) in [6, 6.07) is 4.34. The SMILES string of the molecule is COC1CCCC(Oc2ccc([N+](=O)[O-])cc2[C@H](C)O)C1. The number of benzene rings is 1. The number of nitro benzene ring substituents is 1. The first-order chi connectivity index (χ1) is 10.0.